The van der Waals surface area contributed by atoms with Gasteiger partial charge in [-0.05, 0) is 24.3 Å². The van der Waals surface area contributed by atoms with Crippen molar-refractivity contribution in [2.75, 3.05) is 19.8 Å². The van der Waals surface area contributed by atoms with Crippen LogP contribution in [-0.2, 0) is 9.53 Å². The number of para-hydroxylation sites is 1. The Hall–Kier alpha value is -2.96. The number of hydrogen-bond donors (Lipinski definition) is 1. The summed E-state index contributed by atoms with van der Waals surface area (Å²) >= 11 is 0. The Morgan fingerprint density at radius 1 is 1.04 bits per heavy atom. The van der Waals surface area contributed by atoms with Gasteiger partial charge in [-0.25, -0.2) is 13.6 Å². The Bertz CT molecular complexity index is 707. The van der Waals surface area contributed by atoms with Crippen molar-refractivity contribution in [3.8, 4) is 5.75 Å². The zero-order valence-electron chi connectivity index (χ0n) is 12.6. The van der Waals surface area contributed by atoms with E-state index in [0.29, 0.717) is 11.8 Å². The van der Waals surface area contributed by atoms with Gasteiger partial charge in [0.1, 0.15) is 24.0 Å². The van der Waals surface area contributed by atoms with Gasteiger partial charge in [-0.3, -0.25) is 4.79 Å². The minimum absolute atomic E-state index is 0.218. The van der Waals surface area contributed by atoms with Crippen molar-refractivity contribution in [1.82, 2.24) is 5.32 Å². The molecule has 5 nitrogen and oxygen atoms in total. The van der Waals surface area contributed by atoms with Gasteiger partial charge in [0.05, 0.1) is 12.1 Å². The SMILES string of the molecule is O=C(COC(=O)c1ccc(F)cc1F)NCCOc1ccccc1. The van der Waals surface area contributed by atoms with Gasteiger partial charge in [0.25, 0.3) is 5.91 Å². The van der Waals surface area contributed by atoms with Crippen molar-refractivity contribution < 1.29 is 27.8 Å². The summed E-state index contributed by atoms with van der Waals surface area (Å²) in [5, 5.41) is 2.49. The second-order valence-electron chi connectivity index (χ2n) is 4.71. The number of carbonyl (C=O) groups is 2. The Morgan fingerprint density at radius 2 is 1.79 bits per heavy atom. The standard InChI is InChI=1S/C17H15F2NO4/c18-12-6-7-14(15(19)10-12)17(22)24-11-16(21)20-8-9-23-13-4-2-1-3-5-13/h1-7,10H,8-9,11H2,(H,20,21). The van der Waals surface area contributed by atoms with Crippen LogP contribution < -0.4 is 10.1 Å². The van der Waals surface area contributed by atoms with Crippen molar-refractivity contribution in [1.29, 1.82) is 0 Å². The number of halogens is 2. The van der Waals surface area contributed by atoms with Crippen LogP contribution >= 0.6 is 0 Å². The molecule has 0 saturated heterocycles. The molecule has 0 aliphatic heterocycles. The number of carbonyl (C=O) groups excluding carboxylic acids is 2. The molecule has 0 atom stereocenters. The number of ether oxygens (including phenoxy) is 2. The van der Waals surface area contributed by atoms with Gasteiger partial charge in [-0.1, -0.05) is 18.2 Å². The zero-order chi connectivity index (χ0) is 17.4. The van der Waals surface area contributed by atoms with Crippen LogP contribution in [-0.4, -0.2) is 31.6 Å². The molecule has 2 aromatic carbocycles. The maximum Gasteiger partial charge on any atom is 0.341 e. The first-order chi connectivity index (χ1) is 11.6. The molecule has 7 heteroatoms. The maximum absolute atomic E-state index is 13.4. The lowest BCUT2D eigenvalue weighted by atomic mass is 10.2. The molecule has 0 radical (unpaired) electrons. The van der Waals surface area contributed by atoms with Gasteiger partial charge in [-0.2, -0.15) is 0 Å². The topological polar surface area (TPSA) is 64.6 Å². The van der Waals surface area contributed by atoms with Crippen LogP contribution in [0.4, 0.5) is 8.78 Å². The fourth-order valence-electron chi connectivity index (χ4n) is 1.79. The van der Waals surface area contributed by atoms with Crippen molar-refractivity contribution >= 4 is 11.9 Å². The molecule has 0 spiro atoms. The Balaban J connectivity index is 1.68. The second kappa shape index (κ2) is 8.61. The van der Waals surface area contributed by atoms with E-state index in [2.05, 4.69) is 10.1 Å². The molecule has 0 aliphatic rings. The lowest BCUT2D eigenvalue weighted by molar-refractivity contribution is -0.124. The Kier molecular flexibility index (Phi) is 6.24. The summed E-state index contributed by atoms with van der Waals surface area (Å²) < 4.78 is 36.2. The van der Waals surface area contributed by atoms with E-state index in [9.17, 15) is 18.4 Å². The molecule has 2 rings (SSSR count). The summed E-state index contributed by atoms with van der Waals surface area (Å²) in [7, 11) is 0. The molecule has 0 aliphatic carbocycles. The molecule has 0 unspecified atom stereocenters. The fourth-order valence-corrected chi connectivity index (χ4v) is 1.79. The average Bonchev–Trinajstić information content (AvgIpc) is 2.57. The van der Waals surface area contributed by atoms with E-state index in [4.69, 9.17) is 4.74 Å². The zero-order valence-corrected chi connectivity index (χ0v) is 12.6. The second-order valence-corrected chi connectivity index (χ2v) is 4.71. The maximum atomic E-state index is 13.4. The lowest BCUT2D eigenvalue weighted by Gasteiger charge is -2.08. The van der Waals surface area contributed by atoms with Crippen LogP contribution in [0.3, 0.4) is 0 Å². The molecule has 0 aromatic heterocycles. The van der Waals surface area contributed by atoms with E-state index in [1.54, 1.807) is 12.1 Å². The van der Waals surface area contributed by atoms with Crippen molar-refractivity contribution in [2.45, 2.75) is 0 Å². The van der Waals surface area contributed by atoms with Crippen molar-refractivity contribution in [3.63, 3.8) is 0 Å². The monoisotopic (exact) mass is 335 g/mol. The van der Waals surface area contributed by atoms with Gasteiger partial charge in [-0.15, -0.1) is 0 Å². The highest BCUT2D eigenvalue weighted by atomic mass is 19.1. The molecule has 0 heterocycles. The third-order valence-corrected chi connectivity index (χ3v) is 2.92. The largest absolute Gasteiger partial charge is 0.492 e. The van der Waals surface area contributed by atoms with E-state index >= 15 is 0 Å². The lowest BCUT2D eigenvalue weighted by Crippen LogP contribution is -2.32. The van der Waals surface area contributed by atoms with E-state index in [-0.39, 0.29) is 13.2 Å². The predicted octanol–water partition coefficient (Wildman–Crippen LogP) is 2.32. The first-order valence-corrected chi connectivity index (χ1v) is 7.13. The summed E-state index contributed by atoms with van der Waals surface area (Å²) in [6.07, 6.45) is 0. The van der Waals surface area contributed by atoms with E-state index in [0.717, 1.165) is 12.1 Å². The van der Waals surface area contributed by atoms with Crippen LogP contribution in [0.15, 0.2) is 48.5 Å². The predicted molar refractivity (Wildman–Crippen MR) is 81.6 cm³/mol. The highest BCUT2D eigenvalue weighted by Gasteiger charge is 2.15. The average molecular weight is 335 g/mol. The molecule has 0 fully saturated rings. The summed E-state index contributed by atoms with van der Waals surface area (Å²) in [6, 6.07) is 11.5. The van der Waals surface area contributed by atoms with E-state index in [1.807, 2.05) is 18.2 Å². The minimum Gasteiger partial charge on any atom is -0.492 e. The smallest absolute Gasteiger partial charge is 0.341 e. The Labute approximate surface area is 137 Å². The van der Waals surface area contributed by atoms with Crippen LogP contribution in [0.2, 0.25) is 0 Å². The van der Waals surface area contributed by atoms with Gasteiger partial charge in [0, 0.05) is 6.07 Å². The molecule has 24 heavy (non-hydrogen) atoms. The molecule has 126 valence electrons. The summed E-state index contributed by atoms with van der Waals surface area (Å²) in [5.41, 5.74) is -0.434. The van der Waals surface area contributed by atoms with Crippen molar-refractivity contribution in [2.24, 2.45) is 0 Å². The highest BCUT2D eigenvalue weighted by Crippen LogP contribution is 2.10. The quantitative estimate of drug-likeness (QED) is 0.623. The number of benzene rings is 2. The van der Waals surface area contributed by atoms with Crippen LogP contribution in [0.5, 0.6) is 5.75 Å². The highest BCUT2D eigenvalue weighted by molar-refractivity contribution is 5.91. The number of esters is 1. The number of nitrogens with one attached hydrogen (secondary N) is 1. The summed E-state index contributed by atoms with van der Waals surface area (Å²) in [5.74, 6) is -2.77. The molecule has 2 aromatic rings. The molecular weight excluding hydrogens is 320 g/mol. The number of amides is 1. The molecule has 1 N–H and O–H groups in total. The molecular formula is C17H15F2NO4. The molecule has 0 saturated carbocycles. The minimum atomic E-state index is -1.04. The van der Waals surface area contributed by atoms with Crippen LogP contribution in [0, 0.1) is 11.6 Å². The third-order valence-electron chi connectivity index (χ3n) is 2.92. The number of rotatable bonds is 7. The summed E-state index contributed by atoms with van der Waals surface area (Å²) in [6.45, 7) is -0.104. The fraction of sp³-hybridized carbons (Fsp3) is 0.176. The van der Waals surface area contributed by atoms with Gasteiger partial charge in [0.2, 0.25) is 0 Å². The van der Waals surface area contributed by atoms with Gasteiger partial charge in [0.15, 0.2) is 6.61 Å². The normalized spacial score (nSPS) is 10.1. The van der Waals surface area contributed by atoms with Gasteiger partial charge >= 0.3 is 5.97 Å². The van der Waals surface area contributed by atoms with Crippen LogP contribution in [0.1, 0.15) is 10.4 Å². The third kappa shape index (κ3) is 5.35. The Morgan fingerprint density at radius 3 is 2.50 bits per heavy atom. The van der Waals surface area contributed by atoms with E-state index < -0.39 is 35.7 Å². The van der Waals surface area contributed by atoms with E-state index in [1.165, 1.54) is 0 Å². The summed E-state index contributed by atoms with van der Waals surface area (Å²) in [4.78, 5) is 23.1. The van der Waals surface area contributed by atoms with Crippen molar-refractivity contribution in [3.05, 3.63) is 65.7 Å². The molecule has 1 amide bonds. The van der Waals surface area contributed by atoms with Gasteiger partial charge < -0.3 is 14.8 Å². The molecule has 0 bridgehead atoms. The first-order valence-electron chi connectivity index (χ1n) is 7.13. The number of hydrogen-bond acceptors (Lipinski definition) is 4. The van der Waals surface area contributed by atoms with Crippen LogP contribution in [0.25, 0.3) is 0 Å². The first kappa shape index (κ1) is 17.4.